The highest BCUT2D eigenvalue weighted by Crippen LogP contribution is 2.22. The minimum atomic E-state index is -0.810. The van der Waals surface area contributed by atoms with E-state index in [2.05, 4.69) is 5.10 Å². The van der Waals surface area contributed by atoms with E-state index in [0.717, 1.165) is 17.3 Å². The second-order valence-corrected chi connectivity index (χ2v) is 5.13. The summed E-state index contributed by atoms with van der Waals surface area (Å²) in [6, 6.07) is 3.32. The minimum Gasteiger partial charge on any atom is -0.392 e. The maximum absolute atomic E-state index is 13.5. The maximum atomic E-state index is 13.5. The standard InChI is InChI=1S/C14H15ClF2N2O/c1-8-12(14(15)19(2)18-8)7-11(20)5-9-3-4-10(16)6-13(9)17/h3-4,6,11,20H,5,7H2,1-2H3. The lowest BCUT2D eigenvalue weighted by Gasteiger charge is -2.11. The molecular formula is C14H15ClF2N2O. The van der Waals surface area contributed by atoms with Gasteiger partial charge in [-0.2, -0.15) is 5.10 Å². The van der Waals surface area contributed by atoms with Crippen LogP contribution in [0, 0.1) is 18.6 Å². The number of hydrogen-bond donors (Lipinski definition) is 1. The molecule has 20 heavy (non-hydrogen) atoms. The van der Waals surface area contributed by atoms with Crippen LogP contribution in [0.2, 0.25) is 5.15 Å². The van der Waals surface area contributed by atoms with Gasteiger partial charge in [0.1, 0.15) is 16.8 Å². The molecule has 2 rings (SSSR count). The third kappa shape index (κ3) is 3.16. The van der Waals surface area contributed by atoms with Gasteiger partial charge in [-0.15, -0.1) is 0 Å². The highest BCUT2D eigenvalue weighted by Gasteiger charge is 2.17. The molecule has 0 amide bonds. The topological polar surface area (TPSA) is 38.0 Å². The first-order valence-electron chi connectivity index (χ1n) is 6.18. The van der Waals surface area contributed by atoms with Crippen molar-refractivity contribution < 1.29 is 13.9 Å². The zero-order chi connectivity index (χ0) is 14.9. The Morgan fingerprint density at radius 3 is 2.60 bits per heavy atom. The first-order chi connectivity index (χ1) is 9.38. The van der Waals surface area contributed by atoms with Gasteiger partial charge in [-0.1, -0.05) is 17.7 Å². The summed E-state index contributed by atoms with van der Waals surface area (Å²) in [4.78, 5) is 0. The number of aliphatic hydroxyl groups excluding tert-OH is 1. The molecule has 0 saturated heterocycles. The van der Waals surface area contributed by atoms with Crippen LogP contribution in [0.25, 0.3) is 0 Å². The van der Waals surface area contributed by atoms with Crippen molar-refractivity contribution in [2.75, 3.05) is 0 Å². The molecule has 1 aromatic heterocycles. The molecule has 0 radical (unpaired) electrons. The van der Waals surface area contributed by atoms with Crippen molar-refractivity contribution in [2.45, 2.75) is 25.9 Å². The molecule has 1 N–H and O–H groups in total. The molecular weight excluding hydrogens is 286 g/mol. The Bertz CT molecular complexity index is 628. The first-order valence-corrected chi connectivity index (χ1v) is 6.56. The number of hydrogen-bond acceptors (Lipinski definition) is 2. The molecule has 1 unspecified atom stereocenters. The van der Waals surface area contributed by atoms with Crippen LogP contribution in [-0.2, 0) is 19.9 Å². The van der Waals surface area contributed by atoms with E-state index in [1.54, 1.807) is 14.0 Å². The summed E-state index contributed by atoms with van der Waals surface area (Å²) in [5.41, 5.74) is 1.75. The smallest absolute Gasteiger partial charge is 0.130 e. The number of aliphatic hydroxyl groups is 1. The predicted molar refractivity (Wildman–Crippen MR) is 72.7 cm³/mol. The highest BCUT2D eigenvalue weighted by atomic mass is 35.5. The number of aryl methyl sites for hydroxylation is 2. The highest BCUT2D eigenvalue weighted by molar-refractivity contribution is 6.30. The van der Waals surface area contributed by atoms with E-state index in [1.165, 1.54) is 16.8 Å². The van der Waals surface area contributed by atoms with Gasteiger partial charge in [-0.25, -0.2) is 8.78 Å². The molecule has 108 valence electrons. The fourth-order valence-corrected chi connectivity index (χ4v) is 2.41. The van der Waals surface area contributed by atoms with Crippen molar-refractivity contribution in [3.05, 3.63) is 51.8 Å². The fourth-order valence-electron chi connectivity index (χ4n) is 2.15. The van der Waals surface area contributed by atoms with Crippen LogP contribution >= 0.6 is 11.6 Å². The zero-order valence-electron chi connectivity index (χ0n) is 11.2. The summed E-state index contributed by atoms with van der Waals surface area (Å²) in [7, 11) is 1.71. The van der Waals surface area contributed by atoms with E-state index in [-0.39, 0.29) is 18.4 Å². The molecule has 0 aliphatic heterocycles. The van der Waals surface area contributed by atoms with Gasteiger partial charge in [-0.05, 0) is 18.6 Å². The molecule has 3 nitrogen and oxygen atoms in total. The van der Waals surface area contributed by atoms with Gasteiger partial charge < -0.3 is 5.11 Å². The fraction of sp³-hybridized carbons (Fsp3) is 0.357. The molecule has 6 heteroatoms. The van der Waals surface area contributed by atoms with Crippen molar-refractivity contribution in [1.29, 1.82) is 0 Å². The summed E-state index contributed by atoms with van der Waals surface area (Å²) in [5.74, 6) is -1.29. The van der Waals surface area contributed by atoms with E-state index < -0.39 is 17.7 Å². The third-order valence-electron chi connectivity index (χ3n) is 3.18. The van der Waals surface area contributed by atoms with E-state index in [0.29, 0.717) is 5.15 Å². The Labute approximate surface area is 120 Å². The first kappa shape index (κ1) is 14.9. The summed E-state index contributed by atoms with van der Waals surface area (Å²) in [5, 5.41) is 14.7. The molecule has 0 bridgehead atoms. The molecule has 2 aromatic rings. The van der Waals surface area contributed by atoms with E-state index >= 15 is 0 Å². The SMILES string of the molecule is Cc1nn(C)c(Cl)c1CC(O)Cc1ccc(F)cc1F. The third-order valence-corrected chi connectivity index (χ3v) is 3.65. The number of nitrogens with zero attached hydrogens (tertiary/aromatic N) is 2. The van der Waals surface area contributed by atoms with Crippen LogP contribution in [0.4, 0.5) is 8.78 Å². The van der Waals surface area contributed by atoms with E-state index in [1.807, 2.05) is 0 Å². The van der Waals surface area contributed by atoms with Gasteiger partial charge in [0.15, 0.2) is 0 Å². The van der Waals surface area contributed by atoms with Crippen LogP contribution < -0.4 is 0 Å². The van der Waals surface area contributed by atoms with Crippen LogP contribution in [0.1, 0.15) is 16.8 Å². The van der Waals surface area contributed by atoms with Crippen molar-refractivity contribution in [3.63, 3.8) is 0 Å². The Hall–Kier alpha value is -1.46. The Kier molecular flexibility index (Phi) is 4.40. The average molecular weight is 301 g/mol. The van der Waals surface area contributed by atoms with Crippen molar-refractivity contribution in [1.82, 2.24) is 9.78 Å². The molecule has 0 aliphatic carbocycles. The van der Waals surface area contributed by atoms with Crippen LogP contribution in [0.3, 0.4) is 0 Å². The number of halogens is 3. The largest absolute Gasteiger partial charge is 0.392 e. The average Bonchev–Trinajstić information content (AvgIpc) is 2.60. The summed E-state index contributed by atoms with van der Waals surface area (Å²) < 4.78 is 27.9. The maximum Gasteiger partial charge on any atom is 0.130 e. The lowest BCUT2D eigenvalue weighted by atomic mass is 10.0. The number of benzene rings is 1. The van der Waals surface area contributed by atoms with Gasteiger partial charge in [0.05, 0.1) is 11.8 Å². The van der Waals surface area contributed by atoms with E-state index in [9.17, 15) is 13.9 Å². The van der Waals surface area contributed by atoms with Gasteiger partial charge >= 0.3 is 0 Å². The van der Waals surface area contributed by atoms with Crippen LogP contribution in [0.15, 0.2) is 18.2 Å². The summed E-state index contributed by atoms with van der Waals surface area (Å²) in [6.45, 7) is 1.80. The van der Waals surface area contributed by atoms with Crippen LogP contribution in [0.5, 0.6) is 0 Å². The van der Waals surface area contributed by atoms with E-state index in [4.69, 9.17) is 11.6 Å². The number of rotatable bonds is 4. The lowest BCUT2D eigenvalue weighted by Crippen LogP contribution is -2.15. The van der Waals surface area contributed by atoms with Gasteiger partial charge in [0, 0.05) is 31.5 Å². The molecule has 1 heterocycles. The number of aromatic nitrogens is 2. The monoisotopic (exact) mass is 300 g/mol. The molecule has 1 aromatic carbocycles. The minimum absolute atomic E-state index is 0.0940. The normalized spacial score (nSPS) is 12.7. The second kappa shape index (κ2) is 5.89. The predicted octanol–water partition coefficient (Wildman–Crippen LogP) is 2.81. The Morgan fingerprint density at radius 2 is 2.05 bits per heavy atom. The lowest BCUT2D eigenvalue weighted by molar-refractivity contribution is 0.174. The second-order valence-electron chi connectivity index (χ2n) is 4.78. The van der Waals surface area contributed by atoms with Crippen molar-refractivity contribution in [2.24, 2.45) is 7.05 Å². The summed E-state index contributed by atoms with van der Waals surface area (Å²) in [6.07, 6.45) is -0.443. The quantitative estimate of drug-likeness (QED) is 0.943. The molecule has 1 atom stereocenters. The molecule has 0 spiro atoms. The molecule has 0 saturated carbocycles. The molecule has 0 fully saturated rings. The zero-order valence-corrected chi connectivity index (χ0v) is 12.0. The van der Waals surface area contributed by atoms with Crippen molar-refractivity contribution in [3.8, 4) is 0 Å². The summed E-state index contributed by atoms with van der Waals surface area (Å²) >= 11 is 6.08. The van der Waals surface area contributed by atoms with Gasteiger partial charge in [-0.3, -0.25) is 4.68 Å². The van der Waals surface area contributed by atoms with Crippen LogP contribution in [-0.4, -0.2) is 21.0 Å². The van der Waals surface area contributed by atoms with Gasteiger partial charge in [0.2, 0.25) is 0 Å². The van der Waals surface area contributed by atoms with Gasteiger partial charge in [0.25, 0.3) is 0 Å². The molecule has 0 aliphatic rings. The van der Waals surface area contributed by atoms with Crippen molar-refractivity contribution >= 4 is 11.6 Å². The Balaban J connectivity index is 2.11. The Morgan fingerprint density at radius 1 is 1.35 bits per heavy atom.